The third-order valence-electron chi connectivity index (χ3n) is 13.5. The van der Waals surface area contributed by atoms with Crippen LogP contribution in [0.2, 0.25) is 10.1 Å². The van der Waals surface area contributed by atoms with Gasteiger partial charge in [-0.2, -0.15) is 0 Å². The molecule has 4 heterocycles. The number of nitrogens with one attached hydrogen (secondary N) is 1. The monoisotopic (exact) mass is 1040 g/mol. The molecule has 0 saturated carbocycles. The number of aromatic amines is 1. The van der Waals surface area contributed by atoms with Crippen molar-refractivity contribution in [2.75, 3.05) is 6.61 Å². The number of rotatable bonds is 16. The lowest BCUT2D eigenvalue weighted by Gasteiger charge is -2.45. The Morgan fingerprint density at radius 3 is 1.69 bits per heavy atom. The van der Waals surface area contributed by atoms with Crippen molar-refractivity contribution in [2.24, 2.45) is 0 Å². The lowest BCUT2D eigenvalue weighted by atomic mass is 10.2. The normalized spacial score (nSPS) is 20.8. The second-order valence-electron chi connectivity index (χ2n) is 20.3. The standard InChI is InChI=1S/C52H63N4O11PSSi2/c1-36-32-54(49(59)53-46(36)57)45-31-43(67-71(52(6,7)8,41-25-17-11-18-26-41)42-27-19-12-20-28-42)48(65-45)66-68(61,62)69-35-56-47(58)37(2)33-55(50(56)60)44-30-29-38(64-44)34-63-70(51(3,4)5,39-21-13-9-14-22-39)40-23-15-10-16-24-40/h9-28,32-33,38,43-45,48H,29-31,34-35H2,1-8H3,(H,61,62)(H,53,57,59)/t38-,43-,44+,45+,48?/m0/s1. The fraction of sp³-hybridized carbons (Fsp3) is 0.385. The van der Waals surface area contributed by atoms with Crippen LogP contribution in [0.1, 0.15) is 84.4 Å². The zero-order valence-electron chi connectivity index (χ0n) is 41.4. The summed E-state index contributed by atoms with van der Waals surface area (Å²) in [6, 6.07) is 40.2. The molecule has 0 radical (unpaired) electrons. The van der Waals surface area contributed by atoms with E-state index in [9.17, 15) is 28.6 Å². The summed E-state index contributed by atoms with van der Waals surface area (Å²) in [6.07, 6.45) is -0.828. The van der Waals surface area contributed by atoms with Gasteiger partial charge in [0.15, 0.2) is 6.29 Å². The molecule has 4 aromatic carbocycles. The van der Waals surface area contributed by atoms with Gasteiger partial charge in [0.05, 0.1) is 18.6 Å². The number of aryl methyl sites for hydroxylation is 2. The van der Waals surface area contributed by atoms with Crippen molar-refractivity contribution in [3.63, 3.8) is 0 Å². The van der Waals surface area contributed by atoms with Gasteiger partial charge < -0.3 is 23.2 Å². The Morgan fingerprint density at radius 1 is 0.690 bits per heavy atom. The molecule has 2 saturated heterocycles. The van der Waals surface area contributed by atoms with Gasteiger partial charge in [0.25, 0.3) is 27.8 Å². The molecule has 2 aliphatic rings. The highest BCUT2D eigenvalue weighted by Gasteiger charge is 2.55. The first-order valence-electron chi connectivity index (χ1n) is 23.8. The molecule has 19 heteroatoms. The van der Waals surface area contributed by atoms with Gasteiger partial charge in [0.1, 0.15) is 18.6 Å². The van der Waals surface area contributed by atoms with Crippen LogP contribution in [0.5, 0.6) is 0 Å². The van der Waals surface area contributed by atoms with E-state index in [2.05, 4.69) is 70.8 Å². The molecule has 0 bridgehead atoms. The smallest absolute Gasteiger partial charge is 0.390 e. The Kier molecular flexibility index (Phi) is 15.4. The zero-order valence-corrected chi connectivity index (χ0v) is 45.1. The Labute approximate surface area is 419 Å². The second-order valence-corrected chi connectivity index (χ2v) is 32.7. The van der Waals surface area contributed by atoms with E-state index in [4.69, 9.17) is 22.8 Å². The van der Waals surface area contributed by atoms with Gasteiger partial charge >= 0.3 is 18.2 Å². The van der Waals surface area contributed by atoms with Crippen LogP contribution >= 0.6 is 18.2 Å². The predicted molar refractivity (Wildman–Crippen MR) is 282 cm³/mol. The number of benzene rings is 4. The average Bonchev–Trinajstić information content (AvgIpc) is 3.97. The second kappa shape index (κ2) is 20.9. The fourth-order valence-corrected chi connectivity index (χ4v) is 21.6. The molecular weight excluding hydrogens is 976 g/mol. The molecular formula is C52H63N4O11PSSi2. The van der Waals surface area contributed by atoms with Crippen LogP contribution in [-0.2, 0) is 33.3 Å². The number of ether oxygens (including phenoxy) is 2. The van der Waals surface area contributed by atoms with Crippen molar-refractivity contribution in [2.45, 2.75) is 122 Å². The molecule has 6 aromatic rings. The molecule has 71 heavy (non-hydrogen) atoms. The molecule has 2 aromatic heterocycles. The number of hydrogen-bond donors (Lipinski definition) is 2. The predicted octanol–water partition coefficient (Wildman–Crippen LogP) is 6.43. The lowest BCUT2D eigenvalue weighted by Crippen LogP contribution is -2.68. The third kappa shape index (κ3) is 10.6. The number of H-pyrrole nitrogens is 1. The number of nitrogens with zero attached hydrogens (tertiary/aromatic N) is 3. The van der Waals surface area contributed by atoms with E-state index in [1.165, 1.54) is 21.5 Å². The van der Waals surface area contributed by atoms with E-state index in [0.717, 1.165) is 25.3 Å². The summed E-state index contributed by atoms with van der Waals surface area (Å²) in [5.74, 6) is -0.546. The Hall–Kier alpha value is -4.99. The summed E-state index contributed by atoms with van der Waals surface area (Å²) in [5, 5.41) is 3.35. The minimum Gasteiger partial charge on any atom is -0.405 e. The van der Waals surface area contributed by atoms with Crippen molar-refractivity contribution in [1.29, 1.82) is 0 Å². The van der Waals surface area contributed by atoms with Gasteiger partial charge in [-0.15, -0.1) is 0 Å². The minimum absolute atomic E-state index is 0.00141. The molecule has 6 atom stereocenters. The molecule has 2 N–H and O–H groups in total. The van der Waals surface area contributed by atoms with E-state index in [-0.39, 0.29) is 35.3 Å². The molecule has 2 aliphatic heterocycles. The van der Waals surface area contributed by atoms with Gasteiger partial charge in [0.2, 0.25) is 0 Å². The van der Waals surface area contributed by atoms with E-state index >= 15 is 0 Å². The number of hydrogen-bond acceptors (Lipinski definition) is 11. The van der Waals surface area contributed by atoms with Crippen LogP contribution in [-0.4, -0.2) is 65.3 Å². The largest absolute Gasteiger partial charge is 0.405 e. The average molecular weight is 1040 g/mol. The van der Waals surface area contributed by atoms with E-state index in [0.29, 0.717) is 24.2 Å². The maximum atomic E-state index is 14.3. The maximum absolute atomic E-state index is 14.3. The van der Waals surface area contributed by atoms with Crippen LogP contribution in [0, 0.1) is 13.8 Å². The van der Waals surface area contributed by atoms with Crippen molar-refractivity contribution >= 4 is 55.6 Å². The maximum Gasteiger partial charge on any atom is 0.390 e. The van der Waals surface area contributed by atoms with Crippen LogP contribution < -0.4 is 43.2 Å². The van der Waals surface area contributed by atoms with Crippen molar-refractivity contribution < 1.29 is 32.3 Å². The van der Waals surface area contributed by atoms with Crippen molar-refractivity contribution in [3.8, 4) is 0 Å². The molecule has 376 valence electrons. The molecule has 2 unspecified atom stereocenters. The summed E-state index contributed by atoms with van der Waals surface area (Å²) >= 11 is 0.381. The quantitative estimate of drug-likeness (QED) is 0.0803. The van der Waals surface area contributed by atoms with Gasteiger partial charge in [0, 0.05) is 29.9 Å². The first-order valence-corrected chi connectivity index (χ1v) is 30.8. The van der Waals surface area contributed by atoms with E-state index in [1.807, 2.05) is 97.1 Å². The molecule has 15 nitrogen and oxygen atoms in total. The molecule has 0 amide bonds. The summed E-state index contributed by atoms with van der Waals surface area (Å²) in [7, 11) is -6.24. The SMILES string of the molecule is Cc1cn([C@H]2C[C@H](O[Si](c3ccccc3)(c3ccccc3)C(C)(C)C)C(OP(=O)(O)SCn3c(=O)c(C)cn([C@H]4CC[C@@H](CO[Si](c5ccccc5)(c5ccccc5)C(C)(C)C)O4)c3=O)O2)c(=O)[nH]c1=O. The number of aromatic nitrogens is 4. The molecule has 0 aliphatic carbocycles. The van der Waals surface area contributed by atoms with Gasteiger partial charge in [-0.05, 0) is 68.9 Å². The Balaban J connectivity index is 1.05. The highest BCUT2D eigenvalue weighted by atomic mass is 32.7. The van der Waals surface area contributed by atoms with Crippen molar-refractivity contribution in [1.82, 2.24) is 18.7 Å². The van der Waals surface area contributed by atoms with Gasteiger partial charge in [-0.1, -0.05) is 163 Å². The van der Waals surface area contributed by atoms with Gasteiger partial charge in [-0.25, -0.2) is 18.7 Å². The van der Waals surface area contributed by atoms with Crippen LogP contribution in [0.25, 0.3) is 0 Å². The zero-order chi connectivity index (χ0) is 50.9. The van der Waals surface area contributed by atoms with Crippen LogP contribution in [0.3, 0.4) is 0 Å². The summed E-state index contributed by atoms with van der Waals surface area (Å²) < 4.78 is 51.2. The Morgan fingerprint density at radius 2 is 1.18 bits per heavy atom. The summed E-state index contributed by atoms with van der Waals surface area (Å²) in [4.78, 5) is 67.5. The van der Waals surface area contributed by atoms with E-state index < -0.39 is 81.7 Å². The summed E-state index contributed by atoms with van der Waals surface area (Å²) in [6.45, 7) is 11.5. The Bertz CT molecular complexity index is 3030. The first kappa shape index (κ1) is 52.3. The van der Waals surface area contributed by atoms with Crippen LogP contribution in [0.15, 0.2) is 153 Å². The topological polar surface area (TPSA) is 182 Å². The highest BCUT2D eigenvalue weighted by Crippen LogP contribution is 2.59. The highest BCUT2D eigenvalue weighted by molar-refractivity contribution is 8.54. The first-order chi connectivity index (χ1) is 33.6. The summed E-state index contributed by atoms with van der Waals surface area (Å²) in [5.41, 5.74) is -2.17. The molecule has 2 fully saturated rings. The van der Waals surface area contributed by atoms with Gasteiger partial charge in [-0.3, -0.25) is 28.2 Å². The third-order valence-corrected chi connectivity index (χ3v) is 26.3. The van der Waals surface area contributed by atoms with Crippen molar-refractivity contribution in [3.05, 3.63) is 187 Å². The van der Waals surface area contributed by atoms with E-state index in [1.54, 1.807) is 13.8 Å². The lowest BCUT2D eigenvalue weighted by molar-refractivity contribution is -0.124. The fourth-order valence-electron chi connectivity index (χ4n) is 10.1. The molecule has 0 spiro atoms. The van der Waals surface area contributed by atoms with Crippen LogP contribution in [0.4, 0.5) is 0 Å². The molecule has 8 rings (SSSR count). The minimum atomic E-state index is -4.81.